The van der Waals surface area contributed by atoms with Crippen molar-refractivity contribution in [2.45, 2.75) is 12.7 Å². The van der Waals surface area contributed by atoms with E-state index in [0.717, 1.165) is 5.56 Å². The molecule has 0 unspecified atom stereocenters. The summed E-state index contributed by atoms with van der Waals surface area (Å²) in [4.78, 5) is 33.3. The zero-order valence-electron chi connectivity index (χ0n) is 13.2. The molecule has 0 fully saturated rings. The number of primary amides is 1. The molecule has 26 heavy (non-hydrogen) atoms. The lowest BCUT2D eigenvalue weighted by molar-refractivity contribution is -0.192. The first-order valence-corrected chi connectivity index (χ1v) is 6.96. The van der Waals surface area contributed by atoms with Gasteiger partial charge in [0.05, 0.1) is 0 Å². The summed E-state index contributed by atoms with van der Waals surface area (Å²) >= 11 is 0. The van der Waals surface area contributed by atoms with Crippen molar-refractivity contribution in [2.75, 3.05) is 6.54 Å². The molecule has 0 aromatic heterocycles. The molecule has 0 saturated carbocycles. The highest BCUT2D eigenvalue weighted by atomic mass is 19.4. The monoisotopic (exact) mass is 372 g/mol. The number of nitrogen functional groups attached to an aromatic ring is 1. The summed E-state index contributed by atoms with van der Waals surface area (Å²) in [5.74, 6) is -3.84. The van der Waals surface area contributed by atoms with Gasteiger partial charge in [-0.25, -0.2) is 4.79 Å². The van der Waals surface area contributed by atoms with Gasteiger partial charge in [-0.15, -0.1) is 0 Å². The highest BCUT2D eigenvalue weighted by Gasteiger charge is 2.38. The molecule has 1 heterocycles. The molecule has 0 saturated heterocycles. The molecule has 1 aliphatic rings. The molecule has 2 amide bonds. The normalized spacial score (nSPS) is 13.6. The van der Waals surface area contributed by atoms with Crippen LogP contribution in [0.4, 0.5) is 13.2 Å². The Kier molecular flexibility index (Phi) is 6.47. The van der Waals surface area contributed by atoms with Gasteiger partial charge in [0.2, 0.25) is 0 Å². The number of carbonyl (C=O) groups excluding carboxylic acids is 2. The lowest BCUT2D eigenvalue weighted by atomic mass is 10.1. The molecule has 0 aliphatic carbocycles. The van der Waals surface area contributed by atoms with E-state index in [2.05, 4.69) is 0 Å². The van der Waals surface area contributed by atoms with E-state index in [-0.39, 0.29) is 17.3 Å². The second-order valence-electron chi connectivity index (χ2n) is 5.08. The highest BCUT2D eigenvalue weighted by Crippen LogP contribution is 2.15. The number of alkyl halides is 3. The van der Waals surface area contributed by atoms with Crippen LogP contribution >= 0.6 is 0 Å². The largest absolute Gasteiger partial charge is 0.490 e. The maximum atomic E-state index is 11.9. The minimum atomic E-state index is -5.08. The first kappa shape index (κ1) is 20.7. The summed E-state index contributed by atoms with van der Waals surface area (Å²) in [7, 11) is 0. The SMILES string of the molecule is N=C(N)c1cccc(CN2CC=C(C(N)=O)C2=O)c1.O=C(O)C(F)(F)F. The van der Waals surface area contributed by atoms with E-state index in [4.69, 9.17) is 26.8 Å². The molecule has 8 nitrogen and oxygen atoms in total. The summed E-state index contributed by atoms with van der Waals surface area (Å²) < 4.78 is 31.7. The van der Waals surface area contributed by atoms with Crippen LogP contribution in [0.3, 0.4) is 0 Å². The number of carbonyl (C=O) groups is 3. The number of carboxylic acids is 1. The van der Waals surface area contributed by atoms with Gasteiger partial charge in [-0.05, 0) is 17.7 Å². The molecule has 6 N–H and O–H groups in total. The quantitative estimate of drug-likeness (QED) is 0.342. The average molecular weight is 372 g/mol. The van der Waals surface area contributed by atoms with E-state index in [9.17, 15) is 22.8 Å². The highest BCUT2D eigenvalue weighted by molar-refractivity contribution is 6.19. The van der Waals surface area contributed by atoms with Gasteiger partial charge in [-0.3, -0.25) is 15.0 Å². The molecular formula is C15H15F3N4O4. The first-order chi connectivity index (χ1) is 11.9. The van der Waals surface area contributed by atoms with Crippen LogP contribution in [0.15, 0.2) is 35.9 Å². The number of benzene rings is 1. The Morgan fingerprint density at radius 3 is 2.27 bits per heavy atom. The van der Waals surface area contributed by atoms with E-state index in [0.29, 0.717) is 18.7 Å². The van der Waals surface area contributed by atoms with Crippen molar-refractivity contribution in [3.63, 3.8) is 0 Å². The number of halogens is 3. The fourth-order valence-electron chi connectivity index (χ4n) is 1.94. The topological polar surface area (TPSA) is 151 Å². The van der Waals surface area contributed by atoms with Crippen LogP contribution in [-0.2, 0) is 20.9 Å². The van der Waals surface area contributed by atoms with Crippen molar-refractivity contribution in [1.29, 1.82) is 5.41 Å². The molecule has 0 spiro atoms. The number of rotatable bonds is 4. The molecule has 0 atom stereocenters. The van der Waals surface area contributed by atoms with Crippen molar-refractivity contribution in [3.05, 3.63) is 47.0 Å². The Morgan fingerprint density at radius 1 is 1.27 bits per heavy atom. The van der Waals surface area contributed by atoms with Crippen LogP contribution in [0.2, 0.25) is 0 Å². The van der Waals surface area contributed by atoms with E-state index in [1.54, 1.807) is 18.2 Å². The van der Waals surface area contributed by atoms with Gasteiger partial charge in [0.15, 0.2) is 0 Å². The Bertz CT molecular complexity index is 774. The average Bonchev–Trinajstić information content (AvgIpc) is 2.88. The standard InChI is InChI=1S/C13H14N4O2.C2HF3O2/c14-11(15)9-3-1-2-8(6-9)7-17-5-4-10(12(16)18)13(17)19;3-2(4,5)1(6)7/h1-4,6H,5,7H2,(H3,14,15)(H2,16,18);(H,6,7). The molecule has 1 aromatic rings. The van der Waals surface area contributed by atoms with Crippen LogP contribution in [-0.4, -0.2) is 46.3 Å². The Hall–Kier alpha value is -3.37. The van der Waals surface area contributed by atoms with Gasteiger partial charge in [-0.1, -0.05) is 18.2 Å². The molecule has 1 aromatic carbocycles. The lowest BCUT2D eigenvalue weighted by Crippen LogP contribution is -2.30. The third-order valence-electron chi connectivity index (χ3n) is 3.15. The summed E-state index contributed by atoms with van der Waals surface area (Å²) in [5.41, 5.74) is 12.0. The van der Waals surface area contributed by atoms with E-state index in [1.807, 2.05) is 6.07 Å². The molecule has 2 rings (SSSR count). The Labute approximate surface area is 145 Å². The van der Waals surface area contributed by atoms with Crippen molar-refractivity contribution in [2.24, 2.45) is 11.5 Å². The number of nitrogens with two attached hydrogens (primary N) is 2. The lowest BCUT2D eigenvalue weighted by Gasteiger charge is -2.16. The number of amides is 2. The van der Waals surface area contributed by atoms with Crippen LogP contribution in [0, 0.1) is 5.41 Å². The van der Waals surface area contributed by atoms with Gasteiger partial charge in [0.25, 0.3) is 11.8 Å². The van der Waals surface area contributed by atoms with E-state index in [1.165, 1.54) is 11.0 Å². The minimum Gasteiger partial charge on any atom is -0.475 e. The van der Waals surface area contributed by atoms with Gasteiger partial charge < -0.3 is 21.5 Å². The molecule has 0 bridgehead atoms. The zero-order valence-corrected chi connectivity index (χ0v) is 13.2. The van der Waals surface area contributed by atoms with Crippen molar-refractivity contribution in [3.8, 4) is 0 Å². The van der Waals surface area contributed by atoms with Crippen LogP contribution in [0.1, 0.15) is 11.1 Å². The summed E-state index contributed by atoms with van der Waals surface area (Å²) in [6, 6.07) is 7.08. The van der Waals surface area contributed by atoms with Gasteiger partial charge in [0.1, 0.15) is 11.4 Å². The predicted octanol–water partition coefficient (Wildman–Crippen LogP) is 0.358. The zero-order chi connectivity index (χ0) is 20.1. The van der Waals surface area contributed by atoms with Gasteiger partial charge in [0, 0.05) is 18.7 Å². The number of nitrogens with one attached hydrogen (secondary N) is 1. The second kappa shape index (κ2) is 8.14. The number of carboxylic acid groups (broad SMARTS) is 1. The third kappa shape index (κ3) is 5.61. The number of amidine groups is 1. The fraction of sp³-hybridized carbons (Fsp3) is 0.200. The molecule has 1 aliphatic heterocycles. The number of aliphatic carboxylic acids is 1. The Morgan fingerprint density at radius 2 is 1.85 bits per heavy atom. The molecular weight excluding hydrogens is 357 g/mol. The summed E-state index contributed by atoms with van der Waals surface area (Å²) in [5, 5.41) is 14.5. The maximum Gasteiger partial charge on any atom is 0.490 e. The number of hydrogen-bond acceptors (Lipinski definition) is 4. The van der Waals surface area contributed by atoms with Crippen LogP contribution in [0.25, 0.3) is 0 Å². The van der Waals surface area contributed by atoms with Crippen molar-refractivity contribution in [1.82, 2.24) is 4.90 Å². The number of nitrogens with zero attached hydrogens (tertiary/aromatic N) is 1. The van der Waals surface area contributed by atoms with Gasteiger partial charge in [-0.2, -0.15) is 13.2 Å². The van der Waals surface area contributed by atoms with E-state index >= 15 is 0 Å². The summed E-state index contributed by atoms with van der Waals surface area (Å²) in [6.07, 6.45) is -3.56. The van der Waals surface area contributed by atoms with Crippen LogP contribution < -0.4 is 11.5 Å². The minimum absolute atomic E-state index is 0.0226. The van der Waals surface area contributed by atoms with Crippen LogP contribution in [0.5, 0.6) is 0 Å². The third-order valence-corrected chi connectivity index (χ3v) is 3.15. The van der Waals surface area contributed by atoms with Crippen molar-refractivity contribution >= 4 is 23.6 Å². The summed E-state index contributed by atoms with van der Waals surface area (Å²) in [6.45, 7) is 0.717. The smallest absolute Gasteiger partial charge is 0.475 e. The first-order valence-electron chi connectivity index (χ1n) is 6.96. The van der Waals surface area contributed by atoms with E-state index < -0.39 is 18.1 Å². The second-order valence-corrected chi connectivity index (χ2v) is 5.08. The van der Waals surface area contributed by atoms with Crippen molar-refractivity contribution < 1.29 is 32.7 Å². The predicted molar refractivity (Wildman–Crippen MR) is 83.8 cm³/mol. The molecule has 0 radical (unpaired) electrons. The maximum absolute atomic E-state index is 11.9. The number of hydrogen-bond donors (Lipinski definition) is 4. The van der Waals surface area contributed by atoms with Gasteiger partial charge >= 0.3 is 12.1 Å². The molecule has 140 valence electrons. The fourth-order valence-corrected chi connectivity index (χ4v) is 1.94. The Balaban J connectivity index is 0.000000412. The molecule has 11 heteroatoms.